The quantitative estimate of drug-likeness (QED) is 0.258. The summed E-state index contributed by atoms with van der Waals surface area (Å²) < 4.78 is 17.1. The molecule has 3 N–H and O–H groups in total. The first-order valence-electron chi connectivity index (χ1n) is 2.06. The Morgan fingerprint density at radius 3 is 0.647 bits per heavy atom. The van der Waals surface area contributed by atoms with Crippen molar-refractivity contribution in [3.8, 4) is 0 Å². The first kappa shape index (κ1) is 37.5. The Hall–Kier alpha value is 4.31. The maximum absolute atomic E-state index is 8.55. The van der Waals surface area contributed by atoms with E-state index in [0.717, 1.165) is 0 Å². The molecule has 0 aliphatic heterocycles. The molecule has 0 fully saturated rings. The van der Waals surface area contributed by atoms with Crippen LogP contribution in [0.1, 0.15) is 0 Å². The minimum atomic E-state index is -5.39. The second-order valence-corrected chi connectivity index (χ2v) is 3.49. The second-order valence-electron chi connectivity index (χ2n) is 1.16. The third-order valence-corrected chi connectivity index (χ3v) is 0. The first-order chi connectivity index (χ1) is 5.73. The van der Waals surface area contributed by atoms with Crippen LogP contribution in [0.4, 0.5) is 0 Å². The van der Waals surface area contributed by atoms with Crippen LogP contribution < -0.4 is 29.4 Å². The van der Waals surface area contributed by atoms with Gasteiger partial charge in [0.25, 0.3) is 0 Å². The van der Waals surface area contributed by atoms with E-state index in [0.29, 0.717) is 0 Å². The average Bonchev–Trinajstić information content (AvgIpc) is 1.45. The Kier molecular flexibility index (Phi) is 44.8. The Morgan fingerprint density at radius 1 is 0.647 bits per heavy atom. The van der Waals surface area contributed by atoms with E-state index in [2.05, 4.69) is 0 Å². The number of hydrogen-bond acceptors (Lipinski definition) is 11. The summed E-state index contributed by atoms with van der Waals surface area (Å²) in [6.45, 7) is 0. The zero-order valence-electron chi connectivity index (χ0n) is 8.07. The fourth-order valence-electron chi connectivity index (χ4n) is 0. The van der Waals surface area contributed by atoms with Gasteiger partial charge < -0.3 is 53.2 Å². The molecule has 11 nitrogen and oxygen atoms in total. The Labute approximate surface area is 187 Å². The topological polar surface area (TPSA) is 233 Å². The van der Waals surface area contributed by atoms with Gasteiger partial charge in [0.1, 0.15) is 0 Å². The molecule has 0 bridgehead atoms. The molecule has 0 aliphatic carbocycles. The van der Waals surface area contributed by atoms with E-state index in [1.807, 2.05) is 0 Å². The van der Waals surface area contributed by atoms with Gasteiger partial charge in [0, 0.05) is 0 Å². The molecule has 17 heteroatoms. The Bertz CT molecular complexity index is 165. The molecular formula is H3Ca3O11P3. The molecule has 0 radical (unpaired) electrons. The van der Waals surface area contributed by atoms with Crippen molar-refractivity contribution in [2.45, 2.75) is 0 Å². The van der Waals surface area contributed by atoms with Crippen LogP contribution >= 0.6 is 24.2 Å². The standard InChI is InChI=1S/3Ca.2H3O4P.H3O3P/c;;;2*1-5(2,3)4;1-4(2)3/h;;;2*(H3,1,2,3,4);1-3H/q3*+2;;;/p-6. The molecule has 0 aromatic rings. The predicted octanol–water partition coefficient (Wildman–Crippen LogP) is -7.60. The summed E-state index contributed by atoms with van der Waals surface area (Å²) >= 11 is 0. The van der Waals surface area contributed by atoms with Gasteiger partial charge in [-0.1, -0.05) is 0 Å². The van der Waals surface area contributed by atoms with Crippen molar-refractivity contribution in [1.82, 2.24) is 0 Å². The van der Waals surface area contributed by atoms with E-state index in [1.54, 1.807) is 0 Å². The van der Waals surface area contributed by atoms with E-state index in [9.17, 15) is 0 Å². The van der Waals surface area contributed by atoms with E-state index in [1.165, 1.54) is 0 Å². The van der Waals surface area contributed by atoms with Crippen LogP contribution in [0.3, 0.4) is 0 Å². The van der Waals surface area contributed by atoms with Gasteiger partial charge in [-0.25, -0.2) is 0 Å². The predicted molar refractivity (Wildman–Crippen MR) is 46.1 cm³/mol. The molecule has 0 aromatic heterocycles. The molecule has 0 spiro atoms. The fourth-order valence-corrected chi connectivity index (χ4v) is 0. The zero-order valence-corrected chi connectivity index (χ0v) is 17.4. The van der Waals surface area contributed by atoms with Crippen molar-refractivity contribution in [3.05, 3.63) is 0 Å². The number of hydrogen-bond donors (Lipinski definition) is 3. The normalized spacial score (nSPS) is 9.06. The SMILES string of the molecule is O=P([O-])([O-])[O-].O=P([O-])([O-])[O-].OP(O)O.[Ca+2].[Ca+2].[Ca+2]. The number of rotatable bonds is 0. The van der Waals surface area contributed by atoms with Gasteiger partial charge in [-0.3, -0.25) is 0 Å². The van der Waals surface area contributed by atoms with Crippen molar-refractivity contribution < 1.29 is 53.2 Å². The van der Waals surface area contributed by atoms with Gasteiger partial charge in [0.2, 0.25) is 0 Å². The van der Waals surface area contributed by atoms with Crippen LogP contribution in [-0.2, 0) is 9.13 Å². The molecule has 0 aliphatic rings. The summed E-state index contributed by atoms with van der Waals surface area (Å²) in [5, 5.41) is 0. The van der Waals surface area contributed by atoms with Crippen LogP contribution in [0.15, 0.2) is 0 Å². The summed E-state index contributed by atoms with van der Waals surface area (Å²) in [6, 6.07) is 0. The molecule has 17 heavy (non-hydrogen) atoms. The van der Waals surface area contributed by atoms with Gasteiger partial charge in [-0.15, -0.1) is 0 Å². The van der Waals surface area contributed by atoms with Crippen molar-refractivity contribution >= 4 is 137 Å². The van der Waals surface area contributed by atoms with E-state index in [4.69, 9.17) is 53.2 Å². The van der Waals surface area contributed by atoms with E-state index < -0.39 is 24.2 Å². The average molecular weight is 392 g/mol. The van der Waals surface area contributed by atoms with E-state index in [-0.39, 0.29) is 113 Å². The van der Waals surface area contributed by atoms with Gasteiger partial charge in [-0.2, -0.15) is 15.6 Å². The third kappa shape index (κ3) is 367. The summed E-state index contributed by atoms with van der Waals surface area (Å²) in [5.74, 6) is 0. The summed E-state index contributed by atoms with van der Waals surface area (Å²) in [5.41, 5.74) is 0. The minimum Gasteiger partial charge on any atom is -0.822 e. The summed E-state index contributed by atoms with van der Waals surface area (Å²) in [4.78, 5) is 73.0. The van der Waals surface area contributed by atoms with Gasteiger partial charge in [0.15, 0.2) is 0 Å². The van der Waals surface area contributed by atoms with Crippen LogP contribution in [0.5, 0.6) is 0 Å². The molecule has 0 rings (SSSR count). The second kappa shape index (κ2) is 20.3. The van der Waals surface area contributed by atoms with Gasteiger partial charge in [0.05, 0.1) is 0 Å². The molecule has 0 atom stereocenters. The molecule has 90 valence electrons. The van der Waals surface area contributed by atoms with Crippen LogP contribution in [0, 0.1) is 0 Å². The molecular weight excluding hydrogens is 389 g/mol. The Morgan fingerprint density at radius 2 is 0.647 bits per heavy atom. The molecule has 0 saturated heterocycles. The van der Waals surface area contributed by atoms with Crippen molar-refractivity contribution in [2.75, 3.05) is 0 Å². The molecule has 0 unspecified atom stereocenters. The summed E-state index contributed by atoms with van der Waals surface area (Å²) in [7, 11) is -13.4. The van der Waals surface area contributed by atoms with Crippen molar-refractivity contribution in [1.29, 1.82) is 0 Å². The first-order valence-corrected chi connectivity index (χ1v) is 6.18. The fraction of sp³-hybridized carbons (Fsp3) is 0. The number of phosphoric acid groups is 2. The molecule has 0 amide bonds. The van der Waals surface area contributed by atoms with Crippen molar-refractivity contribution in [2.24, 2.45) is 0 Å². The maximum Gasteiger partial charge on any atom is 2.00 e. The molecule has 0 heterocycles. The Balaban J connectivity index is -0.0000000247. The largest absolute Gasteiger partial charge is 2.00 e. The minimum absolute atomic E-state index is 0. The van der Waals surface area contributed by atoms with Crippen LogP contribution in [-0.4, -0.2) is 128 Å². The van der Waals surface area contributed by atoms with Crippen molar-refractivity contribution in [3.63, 3.8) is 0 Å². The van der Waals surface area contributed by atoms with Gasteiger partial charge >= 0.3 is 122 Å². The zero-order chi connectivity index (χ0) is 12.6. The maximum atomic E-state index is 8.55. The van der Waals surface area contributed by atoms with E-state index >= 15 is 0 Å². The van der Waals surface area contributed by atoms with Crippen LogP contribution in [0.2, 0.25) is 0 Å². The monoisotopic (exact) mass is 392 g/mol. The third-order valence-electron chi connectivity index (χ3n) is 0. The summed E-state index contributed by atoms with van der Waals surface area (Å²) in [6.07, 6.45) is 0. The molecule has 0 aromatic carbocycles. The smallest absolute Gasteiger partial charge is 0.822 e. The molecule has 0 saturated carbocycles. The van der Waals surface area contributed by atoms with Crippen LogP contribution in [0.25, 0.3) is 0 Å². The van der Waals surface area contributed by atoms with Gasteiger partial charge in [-0.05, 0) is 0 Å².